The Labute approximate surface area is 179 Å². The van der Waals surface area contributed by atoms with Gasteiger partial charge in [-0.05, 0) is 37.5 Å². The van der Waals surface area contributed by atoms with E-state index in [4.69, 9.17) is 0 Å². The van der Waals surface area contributed by atoms with Crippen molar-refractivity contribution < 1.29 is 13.2 Å². The van der Waals surface area contributed by atoms with Gasteiger partial charge in [0.05, 0.1) is 5.75 Å². The highest BCUT2D eigenvalue weighted by atomic mass is 127. The average Bonchev–Trinajstić information content (AvgIpc) is 2.58. The van der Waals surface area contributed by atoms with Gasteiger partial charge in [-0.1, -0.05) is 12.1 Å². The molecule has 0 aliphatic heterocycles. The molecule has 0 saturated heterocycles. The Hall–Kier alpha value is -1.36. The predicted molar refractivity (Wildman–Crippen MR) is 122 cm³/mol. The first-order valence-electron chi connectivity index (χ1n) is 8.58. The first-order valence-corrected chi connectivity index (χ1v) is 10.6. The van der Waals surface area contributed by atoms with Crippen molar-refractivity contribution in [3.63, 3.8) is 0 Å². The molecule has 1 rings (SSSR count). The summed E-state index contributed by atoms with van der Waals surface area (Å²) < 4.78 is 22.5. The van der Waals surface area contributed by atoms with Crippen molar-refractivity contribution in [1.82, 2.24) is 15.5 Å². The molecule has 0 aliphatic rings. The first kappa shape index (κ1) is 25.6. The van der Waals surface area contributed by atoms with E-state index in [0.717, 1.165) is 12.0 Å². The summed E-state index contributed by atoms with van der Waals surface area (Å²) in [5, 5.41) is 6.40. The second kappa shape index (κ2) is 12.2. The summed E-state index contributed by atoms with van der Waals surface area (Å²) in [6.07, 6.45) is 2.50. The monoisotopic (exact) mass is 510 g/mol. The van der Waals surface area contributed by atoms with Crippen LogP contribution in [0.1, 0.15) is 29.3 Å². The molecule has 1 atom stereocenters. The van der Waals surface area contributed by atoms with Gasteiger partial charge in [0.15, 0.2) is 5.96 Å². The average molecular weight is 510 g/mol. The summed E-state index contributed by atoms with van der Waals surface area (Å²) in [6.45, 7) is 2.58. The Morgan fingerprint density at radius 3 is 2.52 bits per heavy atom. The Morgan fingerprint density at radius 1 is 1.30 bits per heavy atom. The minimum Gasteiger partial charge on any atom is -0.356 e. The summed E-state index contributed by atoms with van der Waals surface area (Å²) in [4.78, 5) is 17.7. The molecule has 0 bridgehead atoms. The van der Waals surface area contributed by atoms with Gasteiger partial charge in [0.25, 0.3) is 5.91 Å². The largest absolute Gasteiger partial charge is 0.356 e. The highest BCUT2D eigenvalue weighted by Crippen LogP contribution is 2.07. The number of nitrogens with one attached hydrogen (secondary N) is 2. The lowest BCUT2D eigenvalue weighted by Crippen LogP contribution is -2.43. The van der Waals surface area contributed by atoms with E-state index in [9.17, 15) is 13.2 Å². The normalized spacial score (nSPS) is 12.7. The Kier molecular flexibility index (Phi) is 11.6. The molecule has 0 heterocycles. The number of amides is 1. The van der Waals surface area contributed by atoms with Gasteiger partial charge in [0.1, 0.15) is 9.84 Å². The number of carbonyl (C=O) groups excluding carboxylic acids is 1. The first-order chi connectivity index (χ1) is 12.1. The van der Waals surface area contributed by atoms with Crippen molar-refractivity contribution >= 4 is 45.7 Å². The van der Waals surface area contributed by atoms with E-state index < -0.39 is 9.84 Å². The number of carbonyl (C=O) groups is 1. The van der Waals surface area contributed by atoms with E-state index in [1.807, 2.05) is 31.2 Å². The molecule has 7 nitrogen and oxygen atoms in total. The third kappa shape index (κ3) is 10.5. The van der Waals surface area contributed by atoms with Crippen molar-refractivity contribution in [2.75, 3.05) is 39.7 Å². The zero-order valence-corrected chi connectivity index (χ0v) is 19.8. The highest BCUT2D eigenvalue weighted by molar-refractivity contribution is 14.0. The van der Waals surface area contributed by atoms with Crippen LogP contribution in [0.15, 0.2) is 29.3 Å². The van der Waals surface area contributed by atoms with Crippen LogP contribution in [0.4, 0.5) is 0 Å². The third-order valence-corrected chi connectivity index (χ3v) is 4.79. The van der Waals surface area contributed by atoms with Crippen LogP contribution in [0.25, 0.3) is 0 Å². The van der Waals surface area contributed by atoms with Crippen molar-refractivity contribution in [3.8, 4) is 0 Å². The SMILES string of the molecule is CN=C(NCCc1cccc(C(=O)N(C)C)c1)NC(C)CCS(C)(=O)=O.I. The number of hydrogen-bond acceptors (Lipinski definition) is 4. The summed E-state index contributed by atoms with van der Waals surface area (Å²) in [5.41, 5.74) is 1.73. The lowest BCUT2D eigenvalue weighted by molar-refractivity contribution is 0.0827. The fourth-order valence-corrected chi connectivity index (χ4v) is 3.12. The smallest absolute Gasteiger partial charge is 0.253 e. The second-order valence-corrected chi connectivity index (χ2v) is 8.87. The van der Waals surface area contributed by atoms with Gasteiger partial charge in [-0.25, -0.2) is 8.42 Å². The van der Waals surface area contributed by atoms with Crippen LogP contribution < -0.4 is 10.6 Å². The zero-order valence-electron chi connectivity index (χ0n) is 16.7. The van der Waals surface area contributed by atoms with Crippen molar-refractivity contribution in [2.24, 2.45) is 4.99 Å². The minimum atomic E-state index is -2.96. The van der Waals surface area contributed by atoms with E-state index in [2.05, 4.69) is 15.6 Å². The van der Waals surface area contributed by atoms with Gasteiger partial charge in [-0.15, -0.1) is 24.0 Å². The summed E-state index contributed by atoms with van der Waals surface area (Å²) >= 11 is 0. The summed E-state index contributed by atoms with van der Waals surface area (Å²) in [5.74, 6) is 0.758. The Morgan fingerprint density at radius 2 is 1.96 bits per heavy atom. The van der Waals surface area contributed by atoms with Gasteiger partial charge in [0.2, 0.25) is 0 Å². The van der Waals surface area contributed by atoms with E-state index in [1.165, 1.54) is 6.26 Å². The molecule has 0 spiro atoms. The third-order valence-electron chi connectivity index (χ3n) is 3.81. The molecule has 154 valence electrons. The molecule has 0 aromatic heterocycles. The molecule has 1 unspecified atom stereocenters. The van der Waals surface area contributed by atoms with Crippen molar-refractivity contribution in [3.05, 3.63) is 35.4 Å². The fraction of sp³-hybridized carbons (Fsp3) is 0.556. The van der Waals surface area contributed by atoms with Crippen LogP contribution in [0, 0.1) is 0 Å². The topological polar surface area (TPSA) is 90.9 Å². The van der Waals surface area contributed by atoms with E-state index in [0.29, 0.717) is 24.5 Å². The van der Waals surface area contributed by atoms with Gasteiger partial charge >= 0.3 is 0 Å². The maximum Gasteiger partial charge on any atom is 0.253 e. The van der Waals surface area contributed by atoms with Gasteiger partial charge < -0.3 is 15.5 Å². The van der Waals surface area contributed by atoms with Crippen molar-refractivity contribution in [2.45, 2.75) is 25.8 Å². The number of benzene rings is 1. The predicted octanol–water partition coefficient (Wildman–Crippen LogP) is 1.54. The van der Waals surface area contributed by atoms with Gasteiger partial charge in [-0.2, -0.15) is 0 Å². The molecule has 0 saturated carbocycles. The van der Waals surface area contributed by atoms with Crippen LogP contribution in [-0.2, 0) is 16.3 Å². The van der Waals surface area contributed by atoms with Crippen LogP contribution in [0.5, 0.6) is 0 Å². The lowest BCUT2D eigenvalue weighted by Gasteiger charge is -2.17. The molecule has 1 amide bonds. The van der Waals surface area contributed by atoms with Crippen LogP contribution in [0.3, 0.4) is 0 Å². The standard InChI is InChI=1S/C18H30N4O3S.HI/c1-14(10-12-26(5,24)25)21-18(19-2)20-11-9-15-7-6-8-16(13-15)17(23)22(3)4;/h6-8,13-14H,9-12H2,1-5H3,(H2,19,20,21);1H. The molecular formula is C18H31IN4O3S. The quantitative estimate of drug-likeness (QED) is 0.315. The Bertz CT molecular complexity index is 736. The maximum atomic E-state index is 12.0. The molecule has 0 radical (unpaired) electrons. The molecule has 1 aromatic rings. The number of hydrogen-bond donors (Lipinski definition) is 2. The van der Waals surface area contributed by atoms with E-state index >= 15 is 0 Å². The molecule has 2 N–H and O–H groups in total. The molecule has 1 aromatic carbocycles. The fourth-order valence-electron chi connectivity index (χ4n) is 2.33. The summed E-state index contributed by atoms with van der Waals surface area (Å²) in [6, 6.07) is 7.57. The van der Waals surface area contributed by atoms with Crippen LogP contribution in [-0.4, -0.2) is 70.9 Å². The number of aliphatic imine (C=N–C) groups is 1. The molecule has 0 aliphatic carbocycles. The number of halogens is 1. The molecule has 27 heavy (non-hydrogen) atoms. The van der Waals surface area contributed by atoms with Crippen LogP contribution in [0.2, 0.25) is 0 Å². The number of rotatable bonds is 8. The zero-order chi connectivity index (χ0) is 19.7. The number of sulfone groups is 1. The molecule has 9 heteroatoms. The molecule has 0 fully saturated rings. The highest BCUT2D eigenvalue weighted by Gasteiger charge is 2.10. The van der Waals surface area contributed by atoms with Crippen molar-refractivity contribution in [1.29, 1.82) is 0 Å². The lowest BCUT2D eigenvalue weighted by atomic mass is 10.1. The van der Waals surface area contributed by atoms with E-state index in [1.54, 1.807) is 26.0 Å². The summed E-state index contributed by atoms with van der Waals surface area (Å²) in [7, 11) is 2.18. The minimum absolute atomic E-state index is 0. The van der Waals surface area contributed by atoms with Gasteiger partial charge in [0, 0.05) is 45.5 Å². The second-order valence-electron chi connectivity index (χ2n) is 6.61. The number of guanidine groups is 1. The van der Waals surface area contributed by atoms with Crippen LogP contribution >= 0.6 is 24.0 Å². The maximum absolute atomic E-state index is 12.0. The van der Waals surface area contributed by atoms with Gasteiger partial charge in [-0.3, -0.25) is 9.79 Å². The molecular weight excluding hydrogens is 479 g/mol. The van der Waals surface area contributed by atoms with E-state index in [-0.39, 0.29) is 41.7 Å². The Balaban J connectivity index is 0.00000676. The number of nitrogens with zero attached hydrogens (tertiary/aromatic N) is 2.